The van der Waals surface area contributed by atoms with Gasteiger partial charge in [0.2, 0.25) is 0 Å². The summed E-state index contributed by atoms with van der Waals surface area (Å²) in [6, 6.07) is 0. The number of carbonyl (C=O) groups excluding carboxylic acids is 1. The molecular weight excluding hydrogens is 288 g/mol. The van der Waals surface area contributed by atoms with Crippen LogP contribution in [0.4, 0.5) is 0 Å². The van der Waals surface area contributed by atoms with E-state index < -0.39 is 5.54 Å². The van der Waals surface area contributed by atoms with E-state index in [0.29, 0.717) is 11.8 Å². The van der Waals surface area contributed by atoms with Crippen molar-refractivity contribution in [2.45, 2.75) is 58.2 Å². The number of hydrogen-bond donors (Lipinski definition) is 1. The Morgan fingerprint density at radius 3 is 2.67 bits per heavy atom. The van der Waals surface area contributed by atoms with E-state index in [1.54, 1.807) is 11.8 Å². The molecule has 1 aromatic rings. The van der Waals surface area contributed by atoms with Gasteiger partial charge in [-0.15, -0.1) is 0 Å². The van der Waals surface area contributed by atoms with Crippen molar-refractivity contribution >= 4 is 17.7 Å². The van der Waals surface area contributed by atoms with Crippen LogP contribution in [0.3, 0.4) is 0 Å². The lowest BCUT2D eigenvalue weighted by Crippen LogP contribution is -2.50. The van der Waals surface area contributed by atoms with E-state index in [4.69, 9.17) is 9.15 Å². The van der Waals surface area contributed by atoms with Crippen LogP contribution in [-0.2, 0) is 9.53 Å². The van der Waals surface area contributed by atoms with Crippen LogP contribution in [0.2, 0.25) is 0 Å². The number of likely N-dealkylation sites (N-methyl/N-ethyl adjacent to an activating group) is 1. The lowest BCUT2D eigenvalue weighted by molar-refractivity contribution is -0.150. The van der Waals surface area contributed by atoms with Gasteiger partial charge in [-0.25, -0.2) is 4.98 Å². The molecule has 120 valence electrons. The van der Waals surface area contributed by atoms with Crippen LogP contribution >= 0.6 is 11.8 Å². The highest BCUT2D eigenvalue weighted by molar-refractivity contribution is 7.99. The summed E-state index contributed by atoms with van der Waals surface area (Å²) in [5, 5.41) is 3.93. The van der Waals surface area contributed by atoms with Gasteiger partial charge in [0.1, 0.15) is 11.3 Å². The molecule has 1 rings (SSSR count). The second-order valence-corrected chi connectivity index (χ2v) is 6.20. The van der Waals surface area contributed by atoms with Gasteiger partial charge in [-0.1, -0.05) is 18.7 Å². The molecule has 0 aromatic carbocycles. The van der Waals surface area contributed by atoms with Crippen molar-refractivity contribution in [1.82, 2.24) is 10.3 Å². The first-order valence-corrected chi connectivity index (χ1v) is 8.40. The smallest absolute Gasteiger partial charge is 0.326 e. The van der Waals surface area contributed by atoms with Crippen molar-refractivity contribution in [3.63, 3.8) is 0 Å². The van der Waals surface area contributed by atoms with E-state index in [1.165, 1.54) is 0 Å². The Balaban J connectivity index is 2.44. The van der Waals surface area contributed by atoms with Crippen LogP contribution in [0.25, 0.3) is 0 Å². The van der Waals surface area contributed by atoms with E-state index >= 15 is 0 Å². The normalized spacial score (nSPS) is 14.0. The Morgan fingerprint density at radius 1 is 1.43 bits per heavy atom. The molecule has 0 spiro atoms. The van der Waals surface area contributed by atoms with Gasteiger partial charge in [0.05, 0.1) is 12.3 Å². The molecule has 6 heteroatoms. The van der Waals surface area contributed by atoms with Gasteiger partial charge in [0.15, 0.2) is 0 Å². The van der Waals surface area contributed by atoms with Gasteiger partial charge in [-0.2, -0.15) is 0 Å². The highest BCUT2D eigenvalue weighted by atomic mass is 32.2. The number of ether oxygens (including phenoxy) is 1. The molecule has 1 N–H and O–H groups in total. The number of nitrogens with zero attached hydrogens (tertiary/aromatic N) is 1. The molecule has 1 unspecified atom stereocenters. The van der Waals surface area contributed by atoms with Crippen LogP contribution in [0, 0.1) is 13.8 Å². The van der Waals surface area contributed by atoms with Crippen molar-refractivity contribution < 1.29 is 13.9 Å². The van der Waals surface area contributed by atoms with Gasteiger partial charge in [0.25, 0.3) is 5.22 Å². The number of aryl methyl sites for hydroxylation is 2. The Hall–Kier alpha value is -1.01. The van der Waals surface area contributed by atoms with Gasteiger partial charge in [-0.05, 0) is 47.1 Å². The summed E-state index contributed by atoms with van der Waals surface area (Å²) in [6.07, 6.45) is 1.61. The quantitative estimate of drug-likeness (QED) is 0.429. The zero-order chi connectivity index (χ0) is 15.9. The van der Waals surface area contributed by atoms with E-state index in [2.05, 4.69) is 10.3 Å². The summed E-state index contributed by atoms with van der Waals surface area (Å²) >= 11 is 1.58. The van der Waals surface area contributed by atoms with Crippen molar-refractivity contribution in [2.24, 2.45) is 0 Å². The van der Waals surface area contributed by atoms with E-state index in [0.717, 1.165) is 36.6 Å². The first-order chi connectivity index (χ1) is 9.92. The standard InChI is InChI=1S/C15H26N2O3S/c1-6-16-15(5,13(18)19-7-2)9-8-10-21-14-17-11(3)12(4)20-14/h16H,6-10H2,1-5H3. The molecule has 1 aromatic heterocycles. The zero-order valence-corrected chi connectivity index (χ0v) is 14.4. The third-order valence-electron chi connectivity index (χ3n) is 3.35. The molecule has 0 saturated carbocycles. The summed E-state index contributed by atoms with van der Waals surface area (Å²) in [4.78, 5) is 16.4. The average Bonchev–Trinajstić information content (AvgIpc) is 2.74. The highest BCUT2D eigenvalue weighted by Crippen LogP contribution is 2.23. The third-order valence-corrected chi connectivity index (χ3v) is 4.26. The Labute approximate surface area is 131 Å². The maximum atomic E-state index is 12.0. The van der Waals surface area contributed by atoms with E-state index in [1.807, 2.05) is 34.6 Å². The second kappa shape index (κ2) is 8.44. The number of hydrogen-bond acceptors (Lipinski definition) is 6. The summed E-state index contributed by atoms with van der Waals surface area (Å²) < 4.78 is 10.7. The molecule has 0 aliphatic rings. The molecule has 21 heavy (non-hydrogen) atoms. The van der Waals surface area contributed by atoms with Crippen LogP contribution in [0.1, 0.15) is 45.1 Å². The van der Waals surface area contributed by atoms with Crippen molar-refractivity contribution in [1.29, 1.82) is 0 Å². The summed E-state index contributed by atoms with van der Waals surface area (Å²) in [5.41, 5.74) is 0.315. The predicted octanol–water partition coefficient (Wildman–Crippen LogP) is 3.10. The average molecular weight is 314 g/mol. The number of aromatic nitrogens is 1. The highest BCUT2D eigenvalue weighted by Gasteiger charge is 2.33. The second-order valence-electron chi connectivity index (χ2n) is 5.16. The first kappa shape index (κ1) is 18.0. The van der Waals surface area contributed by atoms with Gasteiger partial charge in [0, 0.05) is 5.75 Å². The molecule has 0 bridgehead atoms. The van der Waals surface area contributed by atoms with Gasteiger partial charge >= 0.3 is 5.97 Å². The predicted molar refractivity (Wildman–Crippen MR) is 84.6 cm³/mol. The van der Waals surface area contributed by atoms with Crippen LogP contribution in [0.5, 0.6) is 0 Å². The molecule has 1 atom stereocenters. The fourth-order valence-corrected chi connectivity index (χ4v) is 2.88. The molecule has 0 radical (unpaired) electrons. The van der Waals surface area contributed by atoms with Crippen molar-refractivity contribution in [3.8, 4) is 0 Å². The van der Waals surface area contributed by atoms with Crippen molar-refractivity contribution in [3.05, 3.63) is 11.5 Å². The lowest BCUT2D eigenvalue weighted by Gasteiger charge is -2.27. The first-order valence-electron chi connectivity index (χ1n) is 7.42. The molecular formula is C15H26N2O3S. The zero-order valence-electron chi connectivity index (χ0n) is 13.6. The number of rotatable bonds is 9. The number of thioether (sulfide) groups is 1. The lowest BCUT2D eigenvalue weighted by atomic mass is 9.96. The molecule has 0 amide bonds. The summed E-state index contributed by atoms with van der Waals surface area (Å²) in [5.74, 6) is 1.54. The Bertz CT molecular complexity index is 442. The number of oxazole rings is 1. The monoisotopic (exact) mass is 314 g/mol. The molecule has 1 heterocycles. The molecule has 0 aliphatic carbocycles. The number of carbonyl (C=O) groups is 1. The summed E-state index contributed by atoms with van der Waals surface area (Å²) in [7, 11) is 0. The molecule has 0 aliphatic heterocycles. The van der Waals surface area contributed by atoms with Crippen LogP contribution in [-0.4, -0.2) is 35.4 Å². The Kier molecular flexibility index (Phi) is 7.25. The largest absolute Gasteiger partial charge is 0.465 e. The number of esters is 1. The fraction of sp³-hybridized carbons (Fsp3) is 0.733. The van der Waals surface area contributed by atoms with Crippen LogP contribution < -0.4 is 5.32 Å². The third kappa shape index (κ3) is 5.36. The molecule has 0 fully saturated rings. The van der Waals surface area contributed by atoms with Gasteiger partial charge in [-0.3, -0.25) is 4.79 Å². The minimum absolute atomic E-state index is 0.181. The van der Waals surface area contributed by atoms with Crippen molar-refractivity contribution in [2.75, 3.05) is 18.9 Å². The minimum Gasteiger partial charge on any atom is -0.465 e. The topological polar surface area (TPSA) is 64.4 Å². The SMILES string of the molecule is CCNC(C)(CCCSc1nc(C)c(C)o1)C(=O)OCC. The summed E-state index contributed by atoms with van der Waals surface area (Å²) in [6.45, 7) is 10.7. The van der Waals surface area contributed by atoms with E-state index in [-0.39, 0.29) is 5.97 Å². The molecule has 5 nitrogen and oxygen atoms in total. The maximum absolute atomic E-state index is 12.0. The van der Waals surface area contributed by atoms with E-state index in [9.17, 15) is 4.79 Å². The Morgan fingerprint density at radius 2 is 2.14 bits per heavy atom. The minimum atomic E-state index is -0.617. The fourth-order valence-electron chi connectivity index (χ4n) is 2.03. The number of nitrogens with one attached hydrogen (secondary N) is 1. The maximum Gasteiger partial charge on any atom is 0.326 e. The van der Waals surface area contributed by atoms with Crippen LogP contribution in [0.15, 0.2) is 9.64 Å². The molecule has 0 saturated heterocycles. The van der Waals surface area contributed by atoms with Gasteiger partial charge < -0.3 is 14.5 Å².